The number of pyridine rings is 1. The first-order chi connectivity index (χ1) is 16.3. The molecule has 0 bridgehead atoms. The summed E-state index contributed by atoms with van der Waals surface area (Å²) in [6.07, 6.45) is 0.138. The number of carbonyl (C=O) groups is 1. The van der Waals surface area contributed by atoms with Crippen LogP contribution in [-0.4, -0.2) is 56.3 Å². The molecule has 34 heavy (non-hydrogen) atoms. The van der Waals surface area contributed by atoms with E-state index < -0.39 is 18.0 Å². The lowest BCUT2D eigenvalue weighted by molar-refractivity contribution is 0.0572. The molecule has 0 aliphatic carbocycles. The number of aromatic hydroxyl groups is 1. The number of nitrogens with zero attached hydrogens (tertiary/aromatic N) is 2. The van der Waals surface area contributed by atoms with Gasteiger partial charge in [0.25, 0.3) is 0 Å². The molecule has 5 N–H and O–H groups in total. The predicted octanol–water partition coefficient (Wildman–Crippen LogP) is 3.00. The van der Waals surface area contributed by atoms with Crippen LogP contribution in [0.25, 0.3) is 0 Å². The smallest absolute Gasteiger partial charge is 0.173 e. The van der Waals surface area contributed by atoms with Crippen LogP contribution in [0.5, 0.6) is 5.75 Å². The highest BCUT2D eigenvalue weighted by atomic mass is 19.1. The normalized spacial score (nSPS) is 19.8. The number of nitrogens with one attached hydrogen (secondary N) is 2. The fraction of sp³-hybridized carbons (Fsp3) is 0.280. The van der Waals surface area contributed by atoms with E-state index in [2.05, 4.69) is 15.6 Å². The molecule has 176 valence electrons. The van der Waals surface area contributed by atoms with Crippen LogP contribution in [0.3, 0.4) is 0 Å². The van der Waals surface area contributed by atoms with Gasteiger partial charge in [-0.1, -0.05) is 12.1 Å². The minimum absolute atomic E-state index is 0.0496. The summed E-state index contributed by atoms with van der Waals surface area (Å²) in [7, 11) is 0. The Labute approximate surface area is 195 Å². The van der Waals surface area contributed by atoms with Gasteiger partial charge in [-0.3, -0.25) is 9.69 Å². The molecule has 2 aromatic carbocycles. The van der Waals surface area contributed by atoms with E-state index in [-0.39, 0.29) is 23.6 Å². The predicted molar refractivity (Wildman–Crippen MR) is 125 cm³/mol. The van der Waals surface area contributed by atoms with Crippen molar-refractivity contribution in [1.29, 1.82) is 0 Å². The molecule has 0 radical (unpaired) electrons. The number of anilines is 4. The summed E-state index contributed by atoms with van der Waals surface area (Å²) < 4.78 is 14.5. The van der Waals surface area contributed by atoms with Crippen LogP contribution < -0.4 is 10.6 Å². The highest BCUT2D eigenvalue weighted by Crippen LogP contribution is 2.35. The third kappa shape index (κ3) is 4.21. The van der Waals surface area contributed by atoms with Gasteiger partial charge >= 0.3 is 0 Å². The van der Waals surface area contributed by atoms with E-state index in [9.17, 15) is 24.5 Å². The van der Waals surface area contributed by atoms with Crippen LogP contribution in [-0.2, 0) is 13.0 Å². The van der Waals surface area contributed by atoms with Gasteiger partial charge < -0.3 is 26.0 Å². The van der Waals surface area contributed by atoms with Crippen molar-refractivity contribution < 1.29 is 24.5 Å². The zero-order valence-corrected chi connectivity index (χ0v) is 18.5. The lowest BCUT2D eigenvalue weighted by Gasteiger charge is -2.16. The van der Waals surface area contributed by atoms with Gasteiger partial charge in [-0.2, -0.15) is 0 Å². The topological polar surface area (TPSA) is 118 Å². The summed E-state index contributed by atoms with van der Waals surface area (Å²) in [5, 5.41) is 35.7. The SMILES string of the molecule is Cc1cc(F)c(Nc2ccnc3c2C(=O)Cc2cc(CN4C[C@@H](O)[C@@H](O)C4)ccc2N3)cc1O. The molecular formula is C25H25FN4O4. The first-order valence-corrected chi connectivity index (χ1v) is 11.0. The van der Waals surface area contributed by atoms with Crippen molar-refractivity contribution in [3.8, 4) is 5.75 Å². The van der Waals surface area contributed by atoms with Crippen molar-refractivity contribution in [2.75, 3.05) is 23.7 Å². The van der Waals surface area contributed by atoms with Gasteiger partial charge in [0, 0.05) is 44.0 Å². The second-order valence-electron chi connectivity index (χ2n) is 8.87. The van der Waals surface area contributed by atoms with E-state index in [4.69, 9.17) is 0 Å². The Morgan fingerprint density at radius 2 is 1.91 bits per heavy atom. The Morgan fingerprint density at radius 1 is 1.15 bits per heavy atom. The van der Waals surface area contributed by atoms with Crippen LogP contribution in [0.1, 0.15) is 27.0 Å². The number of β-amino-alcohol motifs (C(OH)–C–C–N with tert-alkyl or cyclic N) is 2. The standard InChI is InChI=1S/C25H25FN4O4/c1-13-6-16(26)19(9-20(13)31)28-18-4-5-27-25-24(18)21(32)8-15-7-14(2-3-17(15)29-25)10-30-11-22(33)23(34)12-30/h2-7,9,22-23,31,33-34H,8,10-12H2,1H3,(H2,27,28,29)/t22-,23+. The van der Waals surface area contributed by atoms with E-state index in [1.807, 2.05) is 23.1 Å². The molecular weight excluding hydrogens is 439 g/mol. The minimum Gasteiger partial charge on any atom is -0.508 e. The molecule has 1 fully saturated rings. The van der Waals surface area contributed by atoms with Crippen molar-refractivity contribution in [2.24, 2.45) is 0 Å². The molecule has 2 aliphatic heterocycles. The molecule has 0 spiro atoms. The van der Waals surface area contributed by atoms with Gasteiger partial charge in [-0.25, -0.2) is 9.37 Å². The monoisotopic (exact) mass is 464 g/mol. The number of ketones is 1. The maximum atomic E-state index is 14.5. The maximum Gasteiger partial charge on any atom is 0.173 e. The number of phenols is 1. The number of aliphatic hydroxyl groups excluding tert-OH is 2. The molecule has 3 heterocycles. The Morgan fingerprint density at radius 3 is 2.68 bits per heavy atom. The van der Waals surface area contributed by atoms with E-state index in [0.717, 1.165) is 16.8 Å². The summed E-state index contributed by atoms with van der Waals surface area (Å²) in [5.41, 5.74) is 3.68. The Hall–Kier alpha value is -3.53. The van der Waals surface area contributed by atoms with Crippen LogP contribution in [0.15, 0.2) is 42.6 Å². The van der Waals surface area contributed by atoms with Gasteiger partial charge in [-0.15, -0.1) is 0 Å². The molecule has 2 aliphatic rings. The largest absolute Gasteiger partial charge is 0.508 e. The van der Waals surface area contributed by atoms with E-state index in [0.29, 0.717) is 42.3 Å². The number of aliphatic hydroxyl groups is 2. The molecule has 0 amide bonds. The second-order valence-corrected chi connectivity index (χ2v) is 8.87. The molecule has 1 saturated heterocycles. The molecule has 5 rings (SSSR count). The van der Waals surface area contributed by atoms with Crippen molar-refractivity contribution in [3.05, 3.63) is 70.7 Å². The zero-order chi connectivity index (χ0) is 24.0. The Bertz CT molecular complexity index is 1270. The quantitative estimate of drug-likeness (QED) is 0.400. The van der Waals surface area contributed by atoms with E-state index in [1.54, 1.807) is 13.0 Å². The van der Waals surface area contributed by atoms with Gasteiger partial charge in [0.15, 0.2) is 5.78 Å². The summed E-state index contributed by atoms with van der Waals surface area (Å²) >= 11 is 0. The van der Waals surface area contributed by atoms with E-state index in [1.165, 1.54) is 18.3 Å². The zero-order valence-electron chi connectivity index (χ0n) is 18.5. The number of benzene rings is 2. The minimum atomic E-state index is -0.754. The average molecular weight is 464 g/mol. The summed E-state index contributed by atoms with van der Waals surface area (Å²) in [4.78, 5) is 19.6. The van der Waals surface area contributed by atoms with Crippen molar-refractivity contribution in [1.82, 2.24) is 9.88 Å². The number of rotatable bonds is 4. The van der Waals surface area contributed by atoms with Crippen molar-refractivity contribution in [3.63, 3.8) is 0 Å². The number of fused-ring (bicyclic) bond motifs is 2. The van der Waals surface area contributed by atoms with E-state index >= 15 is 0 Å². The van der Waals surface area contributed by atoms with Crippen LogP contribution in [0.2, 0.25) is 0 Å². The lowest BCUT2D eigenvalue weighted by Crippen LogP contribution is -2.22. The summed E-state index contributed by atoms with van der Waals surface area (Å²) in [5.74, 6) is -0.409. The van der Waals surface area contributed by atoms with Crippen molar-refractivity contribution >= 4 is 28.7 Å². The van der Waals surface area contributed by atoms with Crippen LogP contribution in [0.4, 0.5) is 27.3 Å². The third-order valence-electron chi connectivity index (χ3n) is 6.30. The highest BCUT2D eigenvalue weighted by molar-refractivity contribution is 6.09. The first kappa shape index (κ1) is 22.3. The number of hydrogen-bond acceptors (Lipinski definition) is 8. The number of carbonyl (C=O) groups excluding carboxylic acids is 1. The Balaban J connectivity index is 1.42. The average Bonchev–Trinajstić information content (AvgIpc) is 3.01. The number of aromatic nitrogens is 1. The lowest BCUT2D eigenvalue weighted by atomic mass is 10.0. The van der Waals surface area contributed by atoms with Gasteiger partial charge in [-0.05, 0) is 41.8 Å². The van der Waals surface area contributed by atoms with Gasteiger partial charge in [0.05, 0.1) is 29.1 Å². The second kappa shape index (κ2) is 8.68. The fourth-order valence-electron chi connectivity index (χ4n) is 4.48. The molecule has 0 saturated carbocycles. The van der Waals surface area contributed by atoms with Gasteiger partial charge in [0.2, 0.25) is 0 Å². The van der Waals surface area contributed by atoms with Crippen molar-refractivity contribution in [2.45, 2.75) is 32.1 Å². The van der Waals surface area contributed by atoms with Gasteiger partial charge in [0.1, 0.15) is 17.4 Å². The van der Waals surface area contributed by atoms with Crippen LogP contribution >= 0.6 is 0 Å². The van der Waals surface area contributed by atoms with Crippen LogP contribution in [0, 0.1) is 12.7 Å². The fourth-order valence-corrected chi connectivity index (χ4v) is 4.48. The number of likely N-dealkylation sites (tertiary alicyclic amines) is 1. The molecule has 0 unspecified atom stereocenters. The highest BCUT2D eigenvalue weighted by Gasteiger charge is 2.30. The Kier molecular flexibility index (Phi) is 5.68. The third-order valence-corrected chi connectivity index (χ3v) is 6.30. The number of Topliss-reactive ketones (excluding diaryl/α,β-unsaturated/α-hetero) is 1. The number of phenolic OH excluding ortho intramolecular Hbond substituents is 1. The molecule has 8 nitrogen and oxygen atoms in total. The maximum absolute atomic E-state index is 14.5. The molecule has 9 heteroatoms. The number of aryl methyl sites for hydroxylation is 1. The molecule has 2 atom stereocenters. The number of halogens is 1. The first-order valence-electron chi connectivity index (χ1n) is 11.0. The summed E-state index contributed by atoms with van der Waals surface area (Å²) in [6, 6.07) is 9.88. The molecule has 1 aromatic heterocycles. The molecule has 3 aromatic rings. The summed E-state index contributed by atoms with van der Waals surface area (Å²) in [6.45, 7) is 2.94. The number of hydrogen-bond donors (Lipinski definition) is 5.